The molecule has 0 aliphatic rings. The number of amides is 1. The van der Waals surface area contributed by atoms with Gasteiger partial charge in [-0.1, -0.05) is 32.6 Å². The van der Waals surface area contributed by atoms with E-state index in [1.165, 1.54) is 0 Å². The van der Waals surface area contributed by atoms with E-state index in [2.05, 4.69) is 12.2 Å². The predicted octanol–water partition coefficient (Wildman–Crippen LogP) is 5.31. The summed E-state index contributed by atoms with van der Waals surface area (Å²) in [5.74, 6) is -0.231. The lowest BCUT2D eigenvalue weighted by Crippen LogP contribution is -2.13. The van der Waals surface area contributed by atoms with Crippen molar-refractivity contribution in [2.45, 2.75) is 58.5 Å². The summed E-state index contributed by atoms with van der Waals surface area (Å²) < 4.78 is 38.1. The Hall–Kier alpha value is -1.52. The molecule has 1 N–H and O–H groups in total. The van der Waals surface area contributed by atoms with E-state index in [4.69, 9.17) is 0 Å². The van der Waals surface area contributed by atoms with Crippen LogP contribution in [0.4, 0.5) is 18.9 Å². The summed E-state index contributed by atoms with van der Waals surface area (Å²) in [6, 6.07) is 3.59. The van der Waals surface area contributed by atoms with Gasteiger partial charge in [-0.05, 0) is 37.1 Å². The minimum atomic E-state index is -4.40. The number of aryl methyl sites for hydroxylation is 1. The van der Waals surface area contributed by atoms with Crippen LogP contribution < -0.4 is 5.32 Å². The molecule has 0 saturated carbocycles. The van der Waals surface area contributed by atoms with Gasteiger partial charge in [-0.3, -0.25) is 4.79 Å². The maximum Gasteiger partial charge on any atom is 0.416 e. The van der Waals surface area contributed by atoms with Crippen LogP contribution >= 0.6 is 0 Å². The highest BCUT2D eigenvalue weighted by Gasteiger charge is 2.31. The fourth-order valence-corrected chi connectivity index (χ4v) is 2.13. The third kappa shape index (κ3) is 6.65. The second-order valence-electron chi connectivity index (χ2n) is 5.30. The van der Waals surface area contributed by atoms with Crippen molar-refractivity contribution in [1.82, 2.24) is 0 Å². The minimum absolute atomic E-state index is 0.209. The summed E-state index contributed by atoms with van der Waals surface area (Å²) in [6.45, 7) is 3.69. The van der Waals surface area contributed by atoms with Gasteiger partial charge in [-0.15, -0.1) is 0 Å². The van der Waals surface area contributed by atoms with Crippen LogP contribution in [0.15, 0.2) is 18.2 Å². The van der Waals surface area contributed by atoms with E-state index in [1.807, 2.05) is 0 Å². The molecule has 0 bridgehead atoms. The van der Waals surface area contributed by atoms with Gasteiger partial charge in [-0.25, -0.2) is 0 Å². The Morgan fingerprint density at radius 1 is 1.10 bits per heavy atom. The highest BCUT2D eigenvalue weighted by Crippen LogP contribution is 2.31. The maximum absolute atomic E-state index is 12.7. The lowest BCUT2D eigenvalue weighted by Gasteiger charge is -2.11. The molecule has 0 unspecified atom stereocenters. The zero-order valence-electron chi connectivity index (χ0n) is 12.5. The molecule has 5 heteroatoms. The molecule has 21 heavy (non-hydrogen) atoms. The number of benzene rings is 1. The standard InChI is InChI=1S/C16H22F3NO/c1-3-4-5-6-7-8-15(21)20-14-10-12(2)9-13(11-14)16(17,18)19/h9-11H,3-8H2,1-2H3,(H,20,21). The zero-order chi connectivity index (χ0) is 15.9. The Morgan fingerprint density at radius 3 is 2.38 bits per heavy atom. The van der Waals surface area contributed by atoms with E-state index in [0.717, 1.165) is 44.2 Å². The molecule has 0 aliphatic carbocycles. The van der Waals surface area contributed by atoms with Gasteiger partial charge in [0.05, 0.1) is 5.56 Å². The van der Waals surface area contributed by atoms with Crippen molar-refractivity contribution in [3.63, 3.8) is 0 Å². The first kappa shape index (κ1) is 17.5. The summed E-state index contributed by atoms with van der Waals surface area (Å²) in [4.78, 5) is 11.7. The molecular weight excluding hydrogens is 279 g/mol. The van der Waals surface area contributed by atoms with Crippen molar-refractivity contribution in [1.29, 1.82) is 0 Å². The number of anilines is 1. The Balaban J connectivity index is 2.54. The molecule has 1 amide bonds. The van der Waals surface area contributed by atoms with E-state index < -0.39 is 11.7 Å². The maximum atomic E-state index is 12.7. The molecule has 2 nitrogen and oxygen atoms in total. The zero-order valence-corrected chi connectivity index (χ0v) is 12.5. The quantitative estimate of drug-likeness (QED) is 0.679. The first-order valence-electron chi connectivity index (χ1n) is 7.31. The van der Waals surface area contributed by atoms with Crippen LogP contribution in [0, 0.1) is 6.92 Å². The van der Waals surface area contributed by atoms with Crippen molar-refractivity contribution < 1.29 is 18.0 Å². The lowest BCUT2D eigenvalue weighted by atomic mass is 10.1. The monoisotopic (exact) mass is 301 g/mol. The van der Waals surface area contributed by atoms with Gasteiger partial charge in [0.2, 0.25) is 5.91 Å². The molecule has 1 aromatic rings. The van der Waals surface area contributed by atoms with Gasteiger partial charge in [0, 0.05) is 12.1 Å². The predicted molar refractivity (Wildman–Crippen MR) is 78.2 cm³/mol. The SMILES string of the molecule is CCCCCCCC(=O)Nc1cc(C)cc(C(F)(F)F)c1. The van der Waals surface area contributed by atoms with Crippen LogP contribution in [0.3, 0.4) is 0 Å². The first-order valence-corrected chi connectivity index (χ1v) is 7.31. The molecule has 1 rings (SSSR count). The van der Waals surface area contributed by atoms with Crippen LogP contribution in [0.25, 0.3) is 0 Å². The number of rotatable bonds is 7. The van der Waals surface area contributed by atoms with Gasteiger partial charge < -0.3 is 5.32 Å². The van der Waals surface area contributed by atoms with Crippen LogP contribution in [-0.2, 0) is 11.0 Å². The molecule has 0 spiro atoms. The van der Waals surface area contributed by atoms with Crippen molar-refractivity contribution in [2.24, 2.45) is 0 Å². The largest absolute Gasteiger partial charge is 0.416 e. The van der Waals surface area contributed by atoms with E-state index in [-0.39, 0.29) is 11.6 Å². The molecule has 0 aromatic heterocycles. The summed E-state index contributed by atoms with van der Waals surface area (Å²) in [7, 11) is 0. The molecule has 0 atom stereocenters. The Morgan fingerprint density at radius 2 is 1.76 bits per heavy atom. The van der Waals surface area contributed by atoms with E-state index >= 15 is 0 Å². The number of nitrogens with one attached hydrogen (secondary N) is 1. The van der Waals surface area contributed by atoms with Crippen LogP contribution in [-0.4, -0.2) is 5.91 Å². The average molecular weight is 301 g/mol. The second kappa shape index (κ2) is 8.05. The highest BCUT2D eigenvalue weighted by atomic mass is 19.4. The molecular formula is C16H22F3NO. The molecule has 0 saturated heterocycles. The number of hydrogen-bond acceptors (Lipinski definition) is 1. The van der Waals surface area contributed by atoms with Gasteiger partial charge in [0.1, 0.15) is 0 Å². The summed E-state index contributed by atoms with van der Waals surface area (Å²) >= 11 is 0. The molecule has 0 aliphatic heterocycles. The van der Waals surface area contributed by atoms with E-state index in [9.17, 15) is 18.0 Å². The number of alkyl halides is 3. The molecule has 0 heterocycles. The number of carbonyl (C=O) groups is 1. The summed E-state index contributed by atoms with van der Waals surface area (Å²) in [5.41, 5.74) is -0.0512. The smallest absolute Gasteiger partial charge is 0.326 e. The fraction of sp³-hybridized carbons (Fsp3) is 0.562. The number of unbranched alkanes of at least 4 members (excludes halogenated alkanes) is 4. The first-order chi connectivity index (χ1) is 9.82. The van der Waals surface area contributed by atoms with Gasteiger partial charge in [-0.2, -0.15) is 13.2 Å². The number of halogens is 3. The normalized spacial score (nSPS) is 11.5. The van der Waals surface area contributed by atoms with E-state index in [1.54, 1.807) is 13.0 Å². The number of hydrogen-bond donors (Lipinski definition) is 1. The minimum Gasteiger partial charge on any atom is -0.326 e. The van der Waals surface area contributed by atoms with Crippen LogP contribution in [0.1, 0.15) is 56.6 Å². The van der Waals surface area contributed by atoms with Crippen molar-refractivity contribution >= 4 is 11.6 Å². The average Bonchev–Trinajstić information content (AvgIpc) is 2.36. The van der Waals surface area contributed by atoms with Crippen LogP contribution in [0.5, 0.6) is 0 Å². The second-order valence-corrected chi connectivity index (χ2v) is 5.30. The van der Waals surface area contributed by atoms with Crippen molar-refractivity contribution in [3.05, 3.63) is 29.3 Å². The number of carbonyl (C=O) groups excluding carboxylic acids is 1. The Bertz CT molecular complexity index is 469. The lowest BCUT2D eigenvalue weighted by molar-refractivity contribution is -0.137. The van der Waals surface area contributed by atoms with Crippen molar-refractivity contribution in [3.8, 4) is 0 Å². The van der Waals surface area contributed by atoms with Gasteiger partial charge in [0.15, 0.2) is 0 Å². The van der Waals surface area contributed by atoms with Gasteiger partial charge >= 0.3 is 6.18 Å². The van der Waals surface area contributed by atoms with E-state index in [0.29, 0.717) is 12.0 Å². The Kier molecular flexibility index (Phi) is 6.72. The van der Waals surface area contributed by atoms with Gasteiger partial charge in [0.25, 0.3) is 0 Å². The third-order valence-corrected chi connectivity index (χ3v) is 3.20. The third-order valence-electron chi connectivity index (χ3n) is 3.20. The molecule has 0 fully saturated rings. The molecule has 1 aromatic carbocycles. The highest BCUT2D eigenvalue weighted by molar-refractivity contribution is 5.90. The molecule has 118 valence electrons. The van der Waals surface area contributed by atoms with Crippen molar-refractivity contribution in [2.75, 3.05) is 5.32 Å². The fourth-order valence-electron chi connectivity index (χ4n) is 2.13. The topological polar surface area (TPSA) is 29.1 Å². The molecule has 0 radical (unpaired) electrons. The van der Waals surface area contributed by atoms with Crippen LogP contribution in [0.2, 0.25) is 0 Å². The summed E-state index contributed by atoms with van der Waals surface area (Å²) in [6.07, 6.45) is 1.06. The summed E-state index contributed by atoms with van der Waals surface area (Å²) in [5, 5.41) is 2.55. The Labute approximate surface area is 123 Å².